The van der Waals surface area contributed by atoms with Gasteiger partial charge in [0.25, 0.3) is 0 Å². The van der Waals surface area contributed by atoms with E-state index in [1.807, 2.05) is 36.4 Å². The second-order valence-corrected chi connectivity index (χ2v) is 6.63. The molecule has 5 nitrogen and oxygen atoms in total. The zero-order valence-corrected chi connectivity index (χ0v) is 16.6. The number of hydrogen-bond acceptors (Lipinski definition) is 3. The third kappa shape index (κ3) is 8.19. The lowest BCUT2D eigenvalue weighted by atomic mass is 10.1. The molecule has 2 heterocycles. The van der Waals surface area contributed by atoms with Gasteiger partial charge in [-0.3, -0.25) is 0 Å². The lowest BCUT2D eigenvalue weighted by molar-refractivity contribution is -0.671. The van der Waals surface area contributed by atoms with E-state index in [-0.39, 0.29) is 24.0 Å². The summed E-state index contributed by atoms with van der Waals surface area (Å²) in [6.45, 7) is 0. The largest absolute Gasteiger partial charge is 1.00 e. The molecule has 0 aliphatic carbocycles. The summed E-state index contributed by atoms with van der Waals surface area (Å²) < 4.78 is 32.8. The van der Waals surface area contributed by atoms with Crippen LogP contribution < -0.4 is 33.5 Å². The first-order chi connectivity index (χ1) is 11.4. The van der Waals surface area contributed by atoms with Gasteiger partial charge >= 0.3 is 0 Å². The minimum Gasteiger partial charge on any atom is -1.00 e. The molecule has 0 unspecified atom stereocenters. The predicted molar refractivity (Wildman–Crippen MR) is 89.5 cm³/mol. The van der Waals surface area contributed by atoms with Gasteiger partial charge in [-0.15, -0.1) is 0 Å². The van der Waals surface area contributed by atoms with Crippen molar-refractivity contribution in [1.82, 2.24) is 0 Å². The van der Waals surface area contributed by atoms with E-state index >= 15 is 0 Å². The number of aromatic amines is 1. The molecule has 1 aromatic carbocycles. The molecule has 3 rings (SSSR count). The van der Waals surface area contributed by atoms with Crippen LogP contribution in [0.3, 0.4) is 0 Å². The normalized spacial score (nSPS) is 10.2. The van der Waals surface area contributed by atoms with E-state index in [0.717, 1.165) is 0 Å². The molecule has 25 heavy (non-hydrogen) atoms. The summed E-state index contributed by atoms with van der Waals surface area (Å²) in [6, 6.07) is 16.7. The molecular weight excluding hydrogens is 451 g/mol. The molecule has 0 saturated heterocycles. The van der Waals surface area contributed by atoms with E-state index in [1.165, 1.54) is 11.1 Å². The molecule has 0 bridgehead atoms. The number of benzene rings is 1. The van der Waals surface area contributed by atoms with Crippen molar-refractivity contribution in [2.75, 3.05) is 0 Å². The molecule has 0 radical (unpaired) electrons. The maximum absolute atomic E-state index is 10.2. The van der Waals surface area contributed by atoms with Gasteiger partial charge in [-0.1, -0.05) is 30.3 Å². The fourth-order valence-electron chi connectivity index (χ4n) is 2.05. The average molecular weight is 470 g/mol. The molecular formula is C18H19IN2O3S. The van der Waals surface area contributed by atoms with Crippen LogP contribution >= 0.6 is 0 Å². The fourth-order valence-corrected chi connectivity index (χ4v) is 2.65. The Bertz CT molecular complexity index is 856. The number of pyridine rings is 2. The summed E-state index contributed by atoms with van der Waals surface area (Å²) in [5.41, 5.74) is 3.01. The maximum Gasteiger partial charge on any atom is 0.169 e. The summed E-state index contributed by atoms with van der Waals surface area (Å²) in [7, 11) is -2.11. The second-order valence-electron chi connectivity index (χ2n) is 5.23. The smallest absolute Gasteiger partial charge is 0.169 e. The van der Waals surface area contributed by atoms with E-state index < -0.39 is 15.9 Å². The van der Waals surface area contributed by atoms with Crippen LogP contribution in [0.2, 0.25) is 0 Å². The number of H-pyrrole nitrogens is 1. The Hall–Kier alpha value is -1.84. The molecule has 0 spiro atoms. The summed E-state index contributed by atoms with van der Waals surface area (Å²) >= 11 is 0. The molecule has 7 heteroatoms. The number of halogens is 1. The third-order valence-electron chi connectivity index (χ3n) is 3.22. The Morgan fingerprint density at radius 3 is 1.96 bits per heavy atom. The molecule has 1 N–H and O–H groups in total. The molecule has 0 amide bonds. The van der Waals surface area contributed by atoms with E-state index in [9.17, 15) is 13.0 Å². The number of rotatable bonds is 3. The molecule has 0 atom stereocenters. The minimum atomic E-state index is -4.13. The standard InChI is InChI=1S/C11H11N2.C7H8O3S.HI/c1-13-8-4-11(5-9-13)10-2-6-12-7-3-10;8-11(9,10)6-7-4-2-1-3-5-7;/h2-9H,1H3;1-5H,6H2,(H,8,9,10);1H/q+1;;/p-1. The number of aryl methyl sites for hydroxylation is 1. The number of hydrogen-bond donors (Lipinski definition) is 0. The van der Waals surface area contributed by atoms with Gasteiger partial charge in [-0.2, -0.15) is 0 Å². The van der Waals surface area contributed by atoms with Crippen LogP contribution in [-0.2, 0) is 22.9 Å². The molecule has 3 aromatic rings. The Kier molecular flexibility index (Phi) is 8.67. The first kappa shape index (κ1) is 21.2. The first-order valence-electron chi connectivity index (χ1n) is 7.33. The van der Waals surface area contributed by atoms with Crippen LogP contribution in [0, 0.1) is 0 Å². The van der Waals surface area contributed by atoms with Crippen LogP contribution in [0.15, 0.2) is 79.4 Å². The Morgan fingerprint density at radius 1 is 0.920 bits per heavy atom. The zero-order valence-electron chi connectivity index (χ0n) is 13.7. The highest BCUT2D eigenvalue weighted by atomic mass is 127. The van der Waals surface area contributed by atoms with E-state index in [0.29, 0.717) is 5.56 Å². The highest BCUT2D eigenvalue weighted by molar-refractivity contribution is 7.84. The zero-order chi connectivity index (χ0) is 17.4. The van der Waals surface area contributed by atoms with E-state index in [1.54, 1.807) is 30.3 Å². The Balaban J connectivity index is 0.000000244. The van der Waals surface area contributed by atoms with Crippen LogP contribution in [0.25, 0.3) is 11.1 Å². The molecule has 0 saturated carbocycles. The summed E-state index contributed by atoms with van der Waals surface area (Å²) in [5, 5.41) is 0. The first-order valence-corrected chi connectivity index (χ1v) is 8.91. The monoisotopic (exact) mass is 470 g/mol. The Morgan fingerprint density at radius 2 is 1.44 bits per heavy atom. The number of aromatic nitrogens is 2. The SMILES string of the molecule is C[n+]1ccc(-c2cc[nH+]cc2)cc1.O=S(=O)([O-])Cc1ccccc1.[I-]. The summed E-state index contributed by atoms with van der Waals surface area (Å²) in [4.78, 5) is 3.01. The molecule has 2 aromatic heterocycles. The third-order valence-corrected chi connectivity index (χ3v) is 3.90. The van der Waals surface area contributed by atoms with Gasteiger partial charge < -0.3 is 28.5 Å². The van der Waals surface area contributed by atoms with Crippen LogP contribution in [0.1, 0.15) is 5.56 Å². The lowest BCUT2D eigenvalue weighted by Crippen LogP contribution is -3.00. The highest BCUT2D eigenvalue weighted by Gasteiger charge is 1.99. The summed E-state index contributed by atoms with van der Waals surface area (Å²) in [5.74, 6) is -0.423. The highest BCUT2D eigenvalue weighted by Crippen LogP contribution is 2.14. The van der Waals surface area contributed by atoms with Gasteiger partial charge in [0.15, 0.2) is 24.8 Å². The summed E-state index contributed by atoms with van der Waals surface area (Å²) in [6.07, 6.45) is 7.96. The van der Waals surface area contributed by atoms with Gasteiger partial charge in [-0.25, -0.2) is 18.0 Å². The van der Waals surface area contributed by atoms with Gasteiger partial charge in [0.2, 0.25) is 0 Å². The van der Waals surface area contributed by atoms with Gasteiger partial charge in [0.1, 0.15) is 7.05 Å². The van der Waals surface area contributed by atoms with Crippen molar-refractivity contribution < 1.29 is 46.5 Å². The van der Waals surface area contributed by atoms with Crippen molar-refractivity contribution in [1.29, 1.82) is 0 Å². The molecule has 0 fully saturated rings. The number of nitrogens with zero attached hydrogens (tertiary/aromatic N) is 1. The van der Waals surface area contributed by atoms with Crippen molar-refractivity contribution in [3.05, 3.63) is 84.9 Å². The van der Waals surface area contributed by atoms with Gasteiger partial charge in [0, 0.05) is 24.3 Å². The van der Waals surface area contributed by atoms with Crippen LogP contribution in [-0.4, -0.2) is 13.0 Å². The second kappa shape index (κ2) is 10.2. The Labute approximate surface area is 165 Å². The van der Waals surface area contributed by atoms with Crippen molar-refractivity contribution >= 4 is 10.1 Å². The van der Waals surface area contributed by atoms with Crippen molar-refractivity contribution in [3.63, 3.8) is 0 Å². The van der Waals surface area contributed by atoms with Gasteiger partial charge in [-0.05, 0) is 16.7 Å². The van der Waals surface area contributed by atoms with Crippen molar-refractivity contribution in [3.8, 4) is 11.1 Å². The predicted octanol–water partition coefficient (Wildman–Crippen LogP) is -1.27. The van der Waals surface area contributed by atoms with Crippen molar-refractivity contribution in [2.24, 2.45) is 7.05 Å². The quantitative estimate of drug-likeness (QED) is 0.272. The lowest BCUT2D eigenvalue weighted by Gasteiger charge is -2.05. The average Bonchev–Trinajstić information content (AvgIpc) is 2.56. The van der Waals surface area contributed by atoms with Crippen LogP contribution in [0.4, 0.5) is 0 Å². The maximum atomic E-state index is 10.2. The van der Waals surface area contributed by atoms with Crippen molar-refractivity contribution in [2.45, 2.75) is 5.75 Å². The topological polar surface area (TPSA) is 75.2 Å². The number of nitrogens with one attached hydrogen (secondary N) is 1. The minimum absolute atomic E-state index is 0. The van der Waals surface area contributed by atoms with Gasteiger partial charge in [0.05, 0.1) is 15.9 Å². The molecule has 132 valence electrons. The van der Waals surface area contributed by atoms with Crippen LogP contribution in [0.5, 0.6) is 0 Å². The molecule has 0 aliphatic rings. The molecule has 0 aliphatic heterocycles. The van der Waals surface area contributed by atoms with E-state index in [4.69, 9.17) is 0 Å². The fraction of sp³-hybridized carbons (Fsp3) is 0.111. The van der Waals surface area contributed by atoms with E-state index in [2.05, 4.69) is 29.2 Å².